The first kappa shape index (κ1) is 12.6. The number of hydrogen-bond donors (Lipinski definition) is 1. The molecule has 1 aromatic rings. The Labute approximate surface area is 95.8 Å². The lowest BCUT2D eigenvalue weighted by Crippen LogP contribution is -2.38. The highest BCUT2D eigenvalue weighted by atomic mass is 32.1. The van der Waals surface area contributed by atoms with Gasteiger partial charge in [0.05, 0.1) is 12.1 Å². The maximum atomic E-state index is 9.74. The van der Waals surface area contributed by atoms with E-state index in [1.807, 2.05) is 20.8 Å². The van der Waals surface area contributed by atoms with Crippen LogP contribution < -0.4 is 0 Å². The third kappa shape index (κ3) is 4.73. The fraction of sp³-hybridized carbons (Fsp3) is 0.727. The Bertz CT molecular complexity index is 304. The number of aromatic nitrogens is 1. The molecule has 1 N–H and O–H groups in total. The van der Waals surface area contributed by atoms with Gasteiger partial charge in [0.25, 0.3) is 0 Å². The summed E-state index contributed by atoms with van der Waals surface area (Å²) in [5.41, 5.74) is 0.441. The zero-order valence-electron chi connectivity index (χ0n) is 9.95. The van der Waals surface area contributed by atoms with Crippen molar-refractivity contribution in [2.24, 2.45) is 0 Å². The average Bonchev–Trinajstić information content (AvgIpc) is 2.47. The van der Waals surface area contributed by atoms with E-state index in [0.717, 1.165) is 23.8 Å². The molecule has 0 aliphatic heterocycles. The van der Waals surface area contributed by atoms with Gasteiger partial charge >= 0.3 is 0 Å². The van der Waals surface area contributed by atoms with Crippen LogP contribution in [-0.4, -0.2) is 33.7 Å². The molecule has 0 unspecified atom stereocenters. The Morgan fingerprint density at radius 3 is 2.60 bits per heavy atom. The molecule has 0 saturated carbocycles. The molecule has 0 spiro atoms. The second-order valence-corrected chi connectivity index (χ2v) is 5.44. The van der Waals surface area contributed by atoms with Crippen LogP contribution in [0.1, 0.15) is 31.5 Å². The van der Waals surface area contributed by atoms with Gasteiger partial charge < -0.3 is 5.11 Å². The van der Waals surface area contributed by atoms with Gasteiger partial charge in [-0.2, -0.15) is 0 Å². The van der Waals surface area contributed by atoms with Gasteiger partial charge in [0.15, 0.2) is 0 Å². The van der Waals surface area contributed by atoms with Crippen LogP contribution in [-0.2, 0) is 6.54 Å². The third-order valence-corrected chi connectivity index (χ3v) is 3.03. The number of aryl methyl sites for hydroxylation is 1. The summed E-state index contributed by atoms with van der Waals surface area (Å²) in [6.07, 6.45) is 0. The van der Waals surface area contributed by atoms with Crippen LogP contribution in [0.4, 0.5) is 0 Å². The molecule has 0 amide bonds. The van der Waals surface area contributed by atoms with Crippen molar-refractivity contribution in [2.75, 3.05) is 13.1 Å². The molecule has 0 aromatic carbocycles. The summed E-state index contributed by atoms with van der Waals surface area (Å²) in [5, 5.41) is 12.9. The van der Waals surface area contributed by atoms with Crippen molar-refractivity contribution < 1.29 is 5.11 Å². The van der Waals surface area contributed by atoms with Gasteiger partial charge in [-0.1, -0.05) is 6.92 Å². The number of hydrogen-bond acceptors (Lipinski definition) is 4. The molecular weight excluding hydrogens is 208 g/mol. The van der Waals surface area contributed by atoms with Gasteiger partial charge in [0, 0.05) is 17.6 Å². The van der Waals surface area contributed by atoms with E-state index in [1.54, 1.807) is 11.3 Å². The monoisotopic (exact) mass is 228 g/mol. The van der Waals surface area contributed by atoms with Crippen LogP contribution in [0.2, 0.25) is 0 Å². The molecule has 0 radical (unpaired) electrons. The Morgan fingerprint density at radius 1 is 1.53 bits per heavy atom. The molecule has 0 saturated heterocycles. The standard InChI is InChI=1S/C11H20N2OS/c1-5-13(8-11(3,4)14)6-10-12-9(2)7-15-10/h7,14H,5-6,8H2,1-4H3. The maximum absolute atomic E-state index is 9.74. The maximum Gasteiger partial charge on any atom is 0.107 e. The predicted molar refractivity (Wildman–Crippen MR) is 64.1 cm³/mol. The van der Waals surface area contributed by atoms with E-state index < -0.39 is 5.60 Å². The average molecular weight is 228 g/mol. The van der Waals surface area contributed by atoms with Gasteiger partial charge in [0.2, 0.25) is 0 Å². The minimum Gasteiger partial charge on any atom is -0.389 e. The predicted octanol–water partition coefficient (Wildman–Crippen LogP) is 2.04. The van der Waals surface area contributed by atoms with Crippen molar-refractivity contribution in [1.82, 2.24) is 9.88 Å². The molecule has 1 heterocycles. The van der Waals surface area contributed by atoms with E-state index in [1.165, 1.54) is 0 Å². The summed E-state index contributed by atoms with van der Waals surface area (Å²) < 4.78 is 0. The van der Waals surface area contributed by atoms with Crippen molar-refractivity contribution in [1.29, 1.82) is 0 Å². The minimum atomic E-state index is -0.637. The van der Waals surface area contributed by atoms with Crippen molar-refractivity contribution in [2.45, 2.75) is 39.8 Å². The van der Waals surface area contributed by atoms with Crippen LogP contribution in [0.25, 0.3) is 0 Å². The van der Waals surface area contributed by atoms with Gasteiger partial charge in [0.1, 0.15) is 5.01 Å². The molecule has 0 atom stereocenters. The summed E-state index contributed by atoms with van der Waals surface area (Å²) in [4.78, 5) is 6.63. The van der Waals surface area contributed by atoms with Gasteiger partial charge in [-0.15, -0.1) is 11.3 Å². The van der Waals surface area contributed by atoms with Crippen LogP contribution in [0.5, 0.6) is 0 Å². The highest BCUT2D eigenvalue weighted by molar-refractivity contribution is 7.09. The largest absolute Gasteiger partial charge is 0.389 e. The highest BCUT2D eigenvalue weighted by Gasteiger charge is 2.17. The lowest BCUT2D eigenvalue weighted by atomic mass is 10.1. The number of aliphatic hydroxyl groups is 1. The van der Waals surface area contributed by atoms with Gasteiger partial charge in [-0.25, -0.2) is 4.98 Å². The molecule has 0 aliphatic rings. The Balaban J connectivity index is 2.54. The molecular formula is C11H20N2OS. The zero-order valence-corrected chi connectivity index (χ0v) is 10.8. The van der Waals surface area contributed by atoms with Crippen molar-refractivity contribution in [3.05, 3.63) is 16.1 Å². The summed E-state index contributed by atoms with van der Waals surface area (Å²) in [6.45, 7) is 10.2. The SMILES string of the molecule is CCN(Cc1nc(C)cs1)CC(C)(C)O. The van der Waals surface area contributed by atoms with Crippen LogP contribution >= 0.6 is 11.3 Å². The van der Waals surface area contributed by atoms with Gasteiger partial charge in [-0.3, -0.25) is 4.90 Å². The van der Waals surface area contributed by atoms with E-state index in [0.29, 0.717) is 6.54 Å². The second-order valence-electron chi connectivity index (χ2n) is 4.50. The van der Waals surface area contributed by atoms with Crippen molar-refractivity contribution >= 4 is 11.3 Å². The topological polar surface area (TPSA) is 36.4 Å². The second kappa shape index (κ2) is 5.05. The first-order chi connectivity index (χ1) is 6.90. The Kier molecular flexibility index (Phi) is 4.25. The van der Waals surface area contributed by atoms with Crippen LogP contribution in [0, 0.1) is 6.92 Å². The molecule has 15 heavy (non-hydrogen) atoms. The molecule has 0 fully saturated rings. The number of thiazole rings is 1. The molecule has 0 bridgehead atoms. The Hall–Kier alpha value is -0.450. The molecule has 1 rings (SSSR count). The highest BCUT2D eigenvalue weighted by Crippen LogP contribution is 2.13. The first-order valence-electron chi connectivity index (χ1n) is 5.26. The summed E-state index contributed by atoms with van der Waals surface area (Å²) in [7, 11) is 0. The van der Waals surface area contributed by atoms with E-state index in [2.05, 4.69) is 22.2 Å². The van der Waals surface area contributed by atoms with E-state index in [-0.39, 0.29) is 0 Å². The van der Waals surface area contributed by atoms with E-state index in [9.17, 15) is 5.11 Å². The first-order valence-corrected chi connectivity index (χ1v) is 6.14. The van der Waals surface area contributed by atoms with Crippen LogP contribution in [0.15, 0.2) is 5.38 Å². The summed E-state index contributed by atoms with van der Waals surface area (Å²) in [6, 6.07) is 0. The Morgan fingerprint density at radius 2 is 2.20 bits per heavy atom. The molecule has 4 heteroatoms. The third-order valence-electron chi connectivity index (χ3n) is 2.08. The lowest BCUT2D eigenvalue weighted by molar-refractivity contribution is 0.0353. The van der Waals surface area contributed by atoms with Crippen molar-refractivity contribution in [3.63, 3.8) is 0 Å². The smallest absolute Gasteiger partial charge is 0.107 e. The number of likely N-dealkylation sites (N-methyl/N-ethyl adjacent to an activating group) is 1. The molecule has 0 aliphatic carbocycles. The lowest BCUT2D eigenvalue weighted by Gasteiger charge is -2.27. The number of rotatable bonds is 5. The molecule has 86 valence electrons. The van der Waals surface area contributed by atoms with Gasteiger partial charge in [-0.05, 0) is 27.3 Å². The fourth-order valence-electron chi connectivity index (χ4n) is 1.49. The fourth-order valence-corrected chi connectivity index (χ4v) is 2.31. The van der Waals surface area contributed by atoms with Crippen molar-refractivity contribution in [3.8, 4) is 0 Å². The summed E-state index contributed by atoms with van der Waals surface area (Å²) >= 11 is 1.68. The van der Waals surface area contributed by atoms with Crippen LogP contribution in [0.3, 0.4) is 0 Å². The number of nitrogens with zero attached hydrogens (tertiary/aromatic N) is 2. The summed E-state index contributed by atoms with van der Waals surface area (Å²) in [5.74, 6) is 0. The zero-order chi connectivity index (χ0) is 11.5. The van der Waals surface area contributed by atoms with E-state index >= 15 is 0 Å². The minimum absolute atomic E-state index is 0.637. The molecule has 3 nitrogen and oxygen atoms in total. The quantitative estimate of drug-likeness (QED) is 0.838. The normalized spacial score (nSPS) is 12.4. The molecule has 1 aromatic heterocycles. The van der Waals surface area contributed by atoms with E-state index in [4.69, 9.17) is 0 Å².